The molecule has 0 aromatic carbocycles. The predicted molar refractivity (Wildman–Crippen MR) is 61.8 cm³/mol. The highest BCUT2D eigenvalue weighted by atomic mass is 16.5. The lowest BCUT2D eigenvalue weighted by Gasteiger charge is -2.05. The number of nitrogens with one attached hydrogen (secondary N) is 2. The Morgan fingerprint density at radius 3 is 2.81 bits per heavy atom. The van der Waals surface area contributed by atoms with Crippen LogP contribution >= 0.6 is 0 Å². The highest BCUT2D eigenvalue weighted by Gasteiger charge is 1.98. The van der Waals surface area contributed by atoms with E-state index < -0.39 is 0 Å². The Kier molecular flexibility index (Phi) is 11.1. The quantitative estimate of drug-likeness (QED) is 0.530. The second-order valence-electron chi connectivity index (χ2n) is 3.46. The van der Waals surface area contributed by atoms with E-state index in [1.807, 2.05) is 0 Å². The Labute approximate surface area is 97.2 Å². The minimum absolute atomic E-state index is 0.0431. The minimum atomic E-state index is 0.0431. The molecule has 0 atom stereocenters. The van der Waals surface area contributed by atoms with E-state index >= 15 is 0 Å². The molecule has 5 heteroatoms. The molecule has 0 bridgehead atoms. The van der Waals surface area contributed by atoms with E-state index in [1.165, 1.54) is 0 Å². The molecule has 0 radical (unpaired) electrons. The van der Waals surface area contributed by atoms with E-state index in [2.05, 4.69) is 16.7 Å². The van der Waals surface area contributed by atoms with Gasteiger partial charge in [0, 0.05) is 33.0 Å². The van der Waals surface area contributed by atoms with Crippen molar-refractivity contribution in [2.24, 2.45) is 0 Å². The molecule has 92 valence electrons. The SMILES string of the molecule is COCCNC(=O)CCNCCCCC#N. The molecule has 0 fully saturated rings. The van der Waals surface area contributed by atoms with Crippen molar-refractivity contribution in [3.05, 3.63) is 0 Å². The summed E-state index contributed by atoms with van der Waals surface area (Å²) >= 11 is 0. The van der Waals surface area contributed by atoms with E-state index in [1.54, 1.807) is 7.11 Å². The molecule has 5 nitrogen and oxygen atoms in total. The summed E-state index contributed by atoms with van der Waals surface area (Å²) in [6.07, 6.45) is 3.00. The van der Waals surface area contributed by atoms with Gasteiger partial charge in [0.05, 0.1) is 12.7 Å². The van der Waals surface area contributed by atoms with Gasteiger partial charge in [0.25, 0.3) is 0 Å². The summed E-state index contributed by atoms with van der Waals surface area (Å²) in [7, 11) is 1.61. The van der Waals surface area contributed by atoms with Crippen LogP contribution in [0.5, 0.6) is 0 Å². The standard InChI is InChI=1S/C11H21N3O2/c1-16-10-9-14-11(15)5-8-13-7-4-2-3-6-12/h13H,2-5,7-10H2,1H3,(H,14,15). The Morgan fingerprint density at radius 2 is 2.12 bits per heavy atom. The lowest BCUT2D eigenvalue weighted by Crippen LogP contribution is -2.30. The summed E-state index contributed by atoms with van der Waals surface area (Å²) < 4.78 is 4.82. The van der Waals surface area contributed by atoms with Crippen molar-refractivity contribution in [2.75, 3.05) is 33.4 Å². The van der Waals surface area contributed by atoms with Gasteiger partial charge in [0.15, 0.2) is 0 Å². The van der Waals surface area contributed by atoms with Crippen LogP contribution in [0.25, 0.3) is 0 Å². The van der Waals surface area contributed by atoms with Crippen LogP contribution in [0.1, 0.15) is 25.7 Å². The fourth-order valence-corrected chi connectivity index (χ4v) is 1.16. The molecular weight excluding hydrogens is 206 g/mol. The molecule has 0 aromatic rings. The van der Waals surface area contributed by atoms with Crippen LogP contribution in [-0.4, -0.2) is 39.3 Å². The van der Waals surface area contributed by atoms with Crippen molar-refractivity contribution in [1.29, 1.82) is 5.26 Å². The van der Waals surface area contributed by atoms with E-state index in [-0.39, 0.29) is 5.91 Å². The number of unbranched alkanes of at least 4 members (excludes halogenated alkanes) is 2. The lowest BCUT2D eigenvalue weighted by molar-refractivity contribution is -0.121. The second-order valence-corrected chi connectivity index (χ2v) is 3.46. The zero-order chi connectivity index (χ0) is 12.1. The number of methoxy groups -OCH3 is 1. The largest absolute Gasteiger partial charge is 0.383 e. The molecule has 0 unspecified atom stereocenters. The van der Waals surface area contributed by atoms with Gasteiger partial charge in [-0.1, -0.05) is 0 Å². The van der Waals surface area contributed by atoms with Crippen molar-refractivity contribution < 1.29 is 9.53 Å². The van der Waals surface area contributed by atoms with Crippen molar-refractivity contribution in [1.82, 2.24) is 10.6 Å². The van der Waals surface area contributed by atoms with Gasteiger partial charge in [-0.3, -0.25) is 4.79 Å². The van der Waals surface area contributed by atoms with Crippen molar-refractivity contribution in [3.63, 3.8) is 0 Å². The first-order valence-corrected chi connectivity index (χ1v) is 5.64. The van der Waals surface area contributed by atoms with Crippen LogP contribution in [0.15, 0.2) is 0 Å². The summed E-state index contributed by atoms with van der Waals surface area (Å²) in [5.74, 6) is 0.0431. The summed E-state index contributed by atoms with van der Waals surface area (Å²) in [6, 6.07) is 2.10. The normalized spacial score (nSPS) is 9.75. The van der Waals surface area contributed by atoms with E-state index in [9.17, 15) is 4.79 Å². The molecule has 0 aliphatic heterocycles. The molecular formula is C11H21N3O2. The summed E-state index contributed by atoms with van der Waals surface area (Å²) in [6.45, 7) is 2.67. The van der Waals surface area contributed by atoms with Gasteiger partial charge in [0.2, 0.25) is 5.91 Å². The topological polar surface area (TPSA) is 74.2 Å². The highest BCUT2D eigenvalue weighted by Crippen LogP contribution is 1.91. The molecule has 16 heavy (non-hydrogen) atoms. The maximum absolute atomic E-state index is 11.2. The van der Waals surface area contributed by atoms with Crippen LogP contribution in [0.4, 0.5) is 0 Å². The van der Waals surface area contributed by atoms with E-state index in [4.69, 9.17) is 10.00 Å². The van der Waals surface area contributed by atoms with Crippen molar-refractivity contribution in [3.8, 4) is 6.07 Å². The molecule has 0 spiro atoms. The number of nitriles is 1. The number of nitrogens with zero attached hydrogens (tertiary/aromatic N) is 1. The lowest BCUT2D eigenvalue weighted by atomic mass is 10.2. The molecule has 1 amide bonds. The van der Waals surface area contributed by atoms with Crippen molar-refractivity contribution >= 4 is 5.91 Å². The fraction of sp³-hybridized carbons (Fsp3) is 0.818. The Morgan fingerprint density at radius 1 is 1.31 bits per heavy atom. The molecule has 0 aromatic heterocycles. The molecule has 0 aliphatic carbocycles. The van der Waals surface area contributed by atoms with Gasteiger partial charge in [0.1, 0.15) is 0 Å². The van der Waals surface area contributed by atoms with Gasteiger partial charge in [-0.25, -0.2) is 0 Å². The Hall–Kier alpha value is -1.12. The average molecular weight is 227 g/mol. The van der Waals surface area contributed by atoms with Crippen LogP contribution in [0, 0.1) is 11.3 Å². The number of amides is 1. The molecule has 0 rings (SSSR count). The highest BCUT2D eigenvalue weighted by molar-refractivity contribution is 5.75. The number of rotatable bonds is 10. The van der Waals surface area contributed by atoms with Crippen LogP contribution in [0.2, 0.25) is 0 Å². The first-order valence-electron chi connectivity index (χ1n) is 5.64. The van der Waals surface area contributed by atoms with Crippen LogP contribution < -0.4 is 10.6 Å². The summed E-state index contributed by atoms with van der Waals surface area (Å²) in [4.78, 5) is 11.2. The van der Waals surface area contributed by atoms with Crippen LogP contribution in [0.3, 0.4) is 0 Å². The Bertz CT molecular complexity index is 214. The number of ether oxygens (including phenoxy) is 1. The first kappa shape index (κ1) is 14.9. The molecule has 0 saturated carbocycles. The average Bonchev–Trinajstić information content (AvgIpc) is 2.28. The number of hydrogen-bond donors (Lipinski definition) is 2. The number of hydrogen-bond acceptors (Lipinski definition) is 4. The minimum Gasteiger partial charge on any atom is -0.383 e. The Balaban J connectivity index is 3.12. The summed E-state index contributed by atoms with van der Waals surface area (Å²) in [5, 5.41) is 14.2. The van der Waals surface area contributed by atoms with Crippen molar-refractivity contribution in [2.45, 2.75) is 25.7 Å². The van der Waals surface area contributed by atoms with Gasteiger partial charge >= 0.3 is 0 Å². The zero-order valence-corrected chi connectivity index (χ0v) is 9.92. The zero-order valence-electron chi connectivity index (χ0n) is 9.92. The number of carbonyl (C=O) groups is 1. The monoisotopic (exact) mass is 227 g/mol. The smallest absolute Gasteiger partial charge is 0.221 e. The first-order chi connectivity index (χ1) is 7.81. The molecule has 0 aliphatic rings. The van der Waals surface area contributed by atoms with E-state index in [0.29, 0.717) is 32.5 Å². The van der Waals surface area contributed by atoms with E-state index in [0.717, 1.165) is 19.4 Å². The molecule has 0 saturated heterocycles. The van der Waals surface area contributed by atoms with Gasteiger partial charge in [-0.2, -0.15) is 5.26 Å². The number of carbonyl (C=O) groups excluding carboxylic acids is 1. The molecule has 0 heterocycles. The maximum Gasteiger partial charge on any atom is 0.221 e. The van der Waals surface area contributed by atoms with Gasteiger partial charge in [-0.15, -0.1) is 0 Å². The second kappa shape index (κ2) is 12.0. The third-order valence-corrected chi connectivity index (χ3v) is 2.05. The summed E-state index contributed by atoms with van der Waals surface area (Å²) in [5.41, 5.74) is 0. The van der Waals surface area contributed by atoms with Gasteiger partial charge < -0.3 is 15.4 Å². The molecule has 2 N–H and O–H groups in total. The third kappa shape index (κ3) is 11.0. The van der Waals surface area contributed by atoms with Gasteiger partial charge in [-0.05, 0) is 19.4 Å². The third-order valence-electron chi connectivity index (χ3n) is 2.05. The fourth-order valence-electron chi connectivity index (χ4n) is 1.16. The van der Waals surface area contributed by atoms with Crippen LogP contribution in [-0.2, 0) is 9.53 Å². The maximum atomic E-state index is 11.2. The predicted octanol–water partition coefficient (Wildman–Crippen LogP) is 0.423.